The summed E-state index contributed by atoms with van der Waals surface area (Å²) in [6.07, 6.45) is 1.31. The van der Waals surface area contributed by atoms with Crippen molar-refractivity contribution in [2.45, 2.75) is 45.3 Å². The highest BCUT2D eigenvalue weighted by Crippen LogP contribution is 2.35. The third-order valence-corrected chi connectivity index (χ3v) is 5.52. The minimum absolute atomic E-state index is 0.325. The molecule has 160 valence electrons. The summed E-state index contributed by atoms with van der Waals surface area (Å²) >= 11 is 0. The number of carboxylic acid groups (broad SMARTS) is 1. The molecule has 4 rings (SSSR count). The summed E-state index contributed by atoms with van der Waals surface area (Å²) in [7, 11) is 0. The van der Waals surface area contributed by atoms with Crippen molar-refractivity contribution in [3.63, 3.8) is 0 Å². The Labute approximate surface area is 178 Å². The lowest BCUT2D eigenvalue weighted by atomic mass is 10.0. The minimum Gasteiger partial charge on any atom is -0.480 e. The van der Waals surface area contributed by atoms with E-state index in [0.29, 0.717) is 34.3 Å². The molecule has 0 saturated carbocycles. The maximum absolute atomic E-state index is 12.8. The fraction of sp³-hybridized carbons (Fsp3) is 0.292. The fourth-order valence-electron chi connectivity index (χ4n) is 4.03. The maximum atomic E-state index is 12.8. The Balaban J connectivity index is 1.63. The lowest BCUT2D eigenvalue weighted by molar-refractivity contribution is -0.143. The smallest absolute Gasteiger partial charge is 0.339 e. The third-order valence-electron chi connectivity index (χ3n) is 5.52. The second-order valence-electron chi connectivity index (χ2n) is 7.79. The zero-order valence-electron chi connectivity index (χ0n) is 17.3. The standard InChI is InChI=1S/C24H23NO6/c1-13-11-18(20-16-9-6-10-17(16)24(29)31-19(20)12-13)30-14(2)22(26)25-21(23(27)28)15-7-4-3-5-8-15/h3-5,7-8,11-12,14,21H,6,9-10H2,1-2H3,(H,25,26)(H,27,28)/t14-,21-/m0/s1. The van der Waals surface area contributed by atoms with Crippen LogP contribution in [0.2, 0.25) is 0 Å². The van der Waals surface area contributed by atoms with Crippen LogP contribution in [0.25, 0.3) is 11.0 Å². The number of fused-ring (bicyclic) bond motifs is 3. The molecule has 2 N–H and O–H groups in total. The second kappa shape index (κ2) is 8.26. The van der Waals surface area contributed by atoms with Gasteiger partial charge in [-0.05, 0) is 61.9 Å². The van der Waals surface area contributed by atoms with Crippen molar-refractivity contribution >= 4 is 22.8 Å². The van der Waals surface area contributed by atoms with Crippen LogP contribution in [0.3, 0.4) is 0 Å². The van der Waals surface area contributed by atoms with Crippen molar-refractivity contribution in [2.24, 2.45) is 0 Å². The number of hydrogen-bond donors (Lipinski definition) is 2. The van der Waals surface area contributed by atoms with Crippen molar-refractivity contribution in [1.29, 1.82) is 0 Å². The summed E-state index contributed by atoms with van der Waals surface area (Å²) in [5.41, 5.74) is 2.96. The molecule has 1 amide bonds. The number of ether oxygens (including phenoxy) is 1. The van der Waals surface area contributed by atoms with Crippen LogP contribution in [0, 0.1) is 6.92 Å². The molecule has 0 aliphatic heterocycles. The van der Waals surface area contributed by atoms with Gasteiger partial charge >= 0.3 is 11.6 Å². The van der Waals surface area contributed by atoms with Crippen molar-refractivity contribution in [3.05, 3.63) is 75.1 Å². The number of aryl methyl sites for hydroxylation is 2. The van der Waals surface area contributed by atoms with Crippen LogP contribution in [0.5, 0.6) is 5.75 Å². The number of benzene rings is 2. The summed E-state index contributed by atoms with van der Waals surface area (Å²) in [4.78, 5) is 36.7. The molecule has 0 unspecified atom stereocenters. The monoisotopic (exact) mass is 421 g/mol. The van der Waals surface area contributed by atoms with Crippen molar-refractivity contribution in [1.82, 2.24) is 5.32 Å². The second-order valence-corrected chi connectivity index (χ2v) is 7.79. The lowest BCUT2D eigenvalue weighted by Gasteiger charge is -2.20. The molecular weight excluding hydrogens is 398 g/mol. The molecule has 0 spiro atoms. The molecular formula is C24H23NO6. The number of hydrogen-bond acceptors (Lipinski definition) is 5. The van der Waals surface area contributed by atoms with E-state index >= 15 is 0 Å². The van der Waals surface area contributed by atoms with Crippen LogP contribution < -0.4 is 15.7 Å². The highest BCUT2D eigenvalue weighted by molar-refractivity contribution is 5.90. The molecule has 0 bridgehead atoms. The Kier molecular flexibility index (Phi) is 5.50. The molecule has 0 fully saturated rings. The number of nitrogens with one attached hydrogen (secondary N) is 1. The van der Waals surface area contributed by atoms with Gasteiger partial charge in [0.25, 0.3) is 5.91 Å². The van der Waals surface area contributed by atoms with Gasteiger partial charge in [-0.2, -0.15) is 0 Å². The van der Waals surface area contributed by atoms with Gasteiger partial charge in [-0.1, -0.05) is 30.3 Å². The van der Waals surface area contributed by atoms with E-state index in [1.165, 1.54) is 0 Å². The van der Waals surface area contributed by atoms with Gasteiger partial charge in [0.2, 0.25) is 0 Å². The number of amides is 1. The van der Waals surface area contributed by atoms with Crippen LogP contribution >= 0.6 is 0 Å². The van der Waals surface area contributed by atoms with Crippen molar-refractivity contribution in [3.8, 4) is 5.75 Å². The van der Waals surface area contributed by atoms with Gasteiger partial charge in [-0.3, -0.25) is 4.79 Å². The highest BCUT2D eigenvalue weighted by atomic mass is 16.5. The van der Waals surface area contributed by atoms with Gasteiger partial charge in [-0.25, -0.2) is 9.59 Å². The van der Waals surface area contributed by atoms with E-state index < -0.39 is 24.0 Å². The van der Waals surface area contributed by atoms with Crippen LogP contribution in [-0.4, -0.2) is 23.1 Å². The Morgan fingerprint density at radius 3 is 2.55 bits per heavy atom. The predicted octanol–water partition coefficient (Wildman–Crippen LogP) is 3.30. The Morgan fingerprint density at radius 2 is 1.84 bits per heavy atom. The topological polar surface area (TPSA) is 106 Å². The van der Waals surface area contributed by atoms with Gasteiger partial charge in [0, 0.05) is 5.56 Å². The first kappa shape index (κ1) is 20.7. The van der Waals surface area contributed by atoms with Crippen LogP contribution in [-0.2, 0) is 22.4 Å². The van der Waals surface area contributed by atoms with E-state index in [1.54, 1.807) is 49.4 Å². The zero-order valence-corrected chi connectivity index (χ0v) is 17.3. The van der Waals surface area contributed by atoms with E-state index in [-0.39, 0.29) is 5.63 Å². The summed E-state index contributed by atoms with van der Waals surface area (Å²) in [6, 6.07) is 10.9. The quantitative estimate of drug-likeness (QED) is 0.592. The lowest BCUT2D eigenvalue weighted by Crippen LogP contribution is -2.41. The van der Waals surface area contributed by atoms with E-state index in [9.17, 15) is 19.5 Å². The van der Waals surface area contributed by atoms with Gasteiger partial charge < -0.3 is 19.6 Å². The molecule has 0 radical (unpaired) electrons. The average molecular weight is 421 g/mol. The predicted molar refractivity (Wildman–Crippen MR) is 114 cm³/mol. The highest BCUT2D eigenvalue weighted by Gasteiger charge is 2.27. The summed E-state index contributed by atoms with van der Waals surface area (Å²) < 4.78 is 11.5. The van der Waals surface area contributed by atoms with Crippen LogP contribution in [0.15, 0.2) is 51.7 Å². The molecule has 7 nitrogen and oxygen atoms in total. The normalized spacial score (nSPS) is 14.6. The Bertz CT molecular complexity index is 1210. The van der Waals surface area contributed by atoms with Gasteiger partial charge in [0.05, 0.1) is 5.39 Å². The first-order chi connectivity index (χ1) is 14.8. The summed E-state index contributed by atoms with van der Waals surface area (Å²) in [6.45, 7) is 3.41. The molecule has 1 aliphatic rings. The maximum Gasteiger partial charge on any atom is 0.339 e. The first-order valence-corrected chi connectivity index (χ1v) is 10.2. The fourth-order valence-corrected chi connectivity index (χ4v) is 4.03. The molecule has 3 aromatic rings. The largest absolute Gasteiger partial charge is 0.480 e. The Morgan fingerprint density at radius 1 is 1.13 bits per heavy atom. The third kappa shape index (κ3) is 4.03. The molecule has 7 heteroatoms. The number of carboxylic acids is 1. The minimum atomic E-state index is -1.18. The van der Waals surface area contributed by atoms with E-state index in [4.69, 9.17) is 9.15 Å². The number of rotatable bonds is 6. The molecule has 1 aromatic heterocycles. The molecule has 2 aromatic carbocycles. The molecule has 2 atom stereocenters. The van der Waals surface area contributed by atoms with Gasteiger partial charge in [0.1, 0.15) is 11.3 Å². The SMILES string of the molecule is Cc1cc(O[C@@H](C)C(=O)N[C@H](C(=O)O)c2ccccc2)c2c3c(c(=O)oc2c1)CCC3. The van der Waals surface area contributed by atoms with Gasteiger partial charge in [-0.15, -0.1) is 0 Å². The first-order valence-electron chi connectivity index (χ1n) is 10.2. The van der Waals surface area contributed by atoms with Crippen LogP contribution in [0.1, 0.15) is 41.6 Å². The Hall–Kier alpha value is -3.61. The van der Waals surface area contributed by atoms with Crippen molar-refractivity contribution < 1.29 is 23.8 Å². The summed E-state index contributed by atoms with van der Waals surface area (Å²) in [5.74, 6) is -1.27. The molecule has 1 heterocycles. The van der Waals surface area contributed by atoms with E-state index in [1.807, 2.05) is 6.92 Å². The zero-order chi connectivity index (χ0) is 22.1. The average Bonchev–Trinajstić information content (AvgIpc) is 3.22. The molecule has 31 heavy (non-hydrogen) atoms. The number of carbonyl (C=O) groups excluding carboxylic acids is 1. The number of carbonyl (C=O) groups is 2. The molecule has 1 aliphatic carbocycles. The molecule has 0 saturated heterocycles. The van der Waals surface area contributed by atoms with E-state index in [0.717, 1.165) is 24.0 Å². The van der Waals surface area contributed by atoms with E-state index in [2.05, 4.69) is 5.32 Å². The van der Waals surface area contributed by atoms with Gasteiger partial charge in [0.15, 0.2) is 12.1 Å². The van der Waals surface area contributed by atoms with Crippen molar-refractivity contribution in [2.75, 3.05) is 0 Å². The van der Waals surface area contributed by atoms with Crippen LogP contribution in [0.4, 0.5) is 0 Å². The number of aliphatic carboxylic acids is 1. The summed E-state index contributed by atoms with van der Waals surface area (Å²) in [5, 5.41) is 12.8.